The molecule has 0 spiro atoms. The number of hydrogen-bond donors (Lipinski definition) is 0. The Morgan fingerprint density at radius 1 is 1.62 bits per heavy atom. The molecule has 8 heavy (non-hydrogen) atoms. The van der Waals surface area contributed by atoms with E-state index in [4.69, 9.17) is 6.42 Å². The van der Waals surface area contributed by atoms with Crippen LogP contribution in [0, 0.1) is 12.5 Å². The molecular weight excluding hydrogens is 98.1 g/mol. The molecule has 1 heteroatoms. The Hall–Kier alpha value is -0.900. The highest BCUT2D eigenvalue weighted by molar-refractivity contribution is 4.98. The molecule has 0 radical (unpaired) electrons. The van der Waals surface area contributed by atoms with Gasteiger partial charge in [0.2, 0.25) is 0 Å². The van der Waals surface area contributed by atoms with Gasteiger partial charge in [0.25, 0.3) is 0 Å². The Labute approximate surface area is 50.0 Å². The fraction of sp³-hybridized carbons (Fsp3) is 0.429. The minimum absolute atomic E-state index is 1.02. The van der Waals surface area contributed by atoms with Gasteiger partial charge >= 0.3 is 0 Å². The quantitative estimate of drug-likeness (QED) is 0.420. The maximum Gasteiger partial charge on any atom is 0.0311 e. The predicted octanol–water partition coefficient (Wildman–Crippen LogP) is 1.19. The van der Waals surface area contributed by atoms with Gasteiger partial charge < -0.3 is 4.90 Å². The first-order valence-corrected chi connectivity index (χ1v) is 2.83. The molecule has 0 N–H and O–H groups in total. The maximum atomic E-state index is 5.13. The third-order valence-corrected chi connectivity index (χ3v) is 1.22. The van der Waals surface area contributed by atoms with Crippen LogP contribution < -0.4 is 0 Å². The Morgan fingerprint density at radius 3 is 2.88 bits per heavy atom. The molecule has 0 unspecified atom stereocenters. The van der Waals surface area contributed by atoms with Crippen molar-refractivity contribution in [3.8, 4) is 12.5 Å². The van der Waals surface area contributed by atoms with E-state index in [0.717, 1.165) is 6.54 Å². The lowest BCUT2D eigenvalue weighted by atomic mass is 10.2. The van der Waals surface area contributed by atoms with Gasteiger partial charge in [-0.05, 0) is 12.8 Å². The van der Waals surface area contributed by atoms with Crippen LogP contribution in [0.5, 0.6) is 0 Å². The van der Waals surface area contributed by atoms with Crippen molar-refractivity contribution in [2.45, 2.75) is 12.8 Å². The first-order valence-electron chi connectivity index (χ1n) is 2.83. The summed E-state index contributed by atoms with van der Waals surface area (Å²) in [4.78, 5) is 1.86. The highest BCUT2D eigenvalue weighted by Gasteiger charge is 1.96. The van der Waals surface area contributed by atoms with Gasteiger partial charge in [0.1, 0.15) is 0 Å². The molecule has 0 amide bonds. The van der Waals surface area contributed by atoms with Gasteiger partial charge in [0.15, 0.2) is 0 Å². The van der Waals surface area contributed by atoms with Crippen molar-refractivity contribution in [2.24, 2.45) is 0 Å². The summed E-state index contributed by atoms with van der Waals surface area (Å²) in [5, 5.41) is 0. The van der Waals surface area contributed by atoms with Gasteiger partial charge in [-0.2, -0.15) is 0 Å². The molecule has 1 nitrogen and oxygen atoms in total. The van der Waals surface area contributed by atoms with E-state index < -0.39 is 0 Å². The number of nitrogens with zero attached hydrogens (tertiary/aromatic N) is 1. The van der Waals surface area contributed by atoms with Crippen LogP contribution in [0.4, 0.5) is 0 Å². The Bertz CT molecular complexity index is 130. The van der Waals surface area contributed by atoms with Crippen molar-refractivity contribution in [3.05, 3.63) is 12.3 Å². The minimum Gasteiger partial charge on any atom is -0.309 e. The summed E-state index contributed by atoms with van der Waals surface area (Å²) >= 11 is 0. The van der Waals surface area contributed by atoms with E-state index >= 15 is 0 Å². The molecule has 1 aliphatic rings. The summed E-state index contributed by atoms with van der Waals surface area (Å²) in [6, 6.07) is 2.55. The first-order chi connectivity index (χ1) is 3.93. The van der Waals surface area contributed by atoms with Gasteiger partial charge in [0.05, 0.1) is 0 Å². The van der Waals surface area contributed by atoms with Crippen molar-refractivity contribution in [1.82, 2.24) is 4.90 Å². The highest BCUT2D eigenvalue weighted by atomic mass is 15.1. The lowest BCUT2D eigenvalue weighted by molar-refractivity contribution is 0.492. The second-order valence-electron chi connectivity index (χ2n) is 1.85. The van der Waals surface area contributed by atoms with Crippen LogP contribution in [0.25, 0.3) is 0 Å². The largest absolute Gasteiger partial charge is 0.309 e. The summed E-state index contributed by atoms with van der Waals surface area (Å²) in [7, 11) is 0. The molecule has 0 saturated heterocycles. The lowest BCUT2D eigenvalue weighted by Crippen LogP contribution is -2.13. The van der Waals surface area contributed by atoms with E-state index in [1.54, 1.807) is 0 Å². The van der Waals surface area contributed by atoms with Crippen LogP contribution >= 0.6 is 0 Å². The monoisotopic (exact) mass is 107 g/mol. The molecule has 1 rings (SSSR count). The van der Waals surface area contributed by atoms with Crippen molar-refractivity contribution in [3.63, 3.8) is 0 Å². The molecule has 0 fully saturated rings. The second kappa shape index (κ2) is 2.42. The van der Waals surface area contributed by atoms with E-state index in [1.807, 2.05) is 11.1 Å². The standard InChI is InChI=1S/C7H9N/c1-2-8-6-4-3-5-7-8/h1,4,6H,3,5,7H2. The Balaban J connectivity index is 2.46. The number of rotatable bonds is 0. The fourth-order valence-electron chi connectivity index (χ4n) is 0.763. The minimum atomic E-state index is 1.02. The topological polar surface area (TPSA) is 3.24 Å². The van der Waals surface area contributed by atoms with Crippen molar-refractivity contribution < 1.29 is 0 Å². The van der Waals surface area contributed by atoms with Crippen LogP contribution in [0.2, 0.25) is 0 Å². The summed E-state index contributed by atoms with van der Waals surface area (Å²) in [5.74, 6) is 0. The molecule has 42 valence electrons. The molecule has 0 aromatic heterocycles. The number of terminal acetylenes is 1. The van der Waals surface area contributed by atoms with Crippen LogP contribution in [0.15, 0.2) is 12.3 Å². The van der Waals surface area contributed by atoms with Gasteiger partial charge in [0, 0.05) is 18.8 Å². The van der Waals surface area contributed by atoms with Gasteiger partial charge in [-0.15, -0.1) is 0 Å². The Morgan fingerprint density at radius 2 is 2.50 bits per heavy atom. The van der Waals surface area contributed by atoms with E-state index in [0.29, 0.717) is 0 Å². The lowest BCUT2D eigenvalue weighted by Gasteiger charge is -2.14. The zero-order valence-electron chi connectivity index (χ0n) is 4.80. The summed E-state index contributed by atoms with van der Waals surface area (Å²) < 4.78 is 0. The zero-order chi connectivity index (χ0) is 5.82. The van der Waals surface area contributed by atoms with Gasteiger partial charge in [-0.25, -0.2) is 0 Å². The summed E-state index contributed by atoms with van der Waals surface area (Å²) in [6.07, 6.45) is 11.6. The van der Waals surface area contributed by atoms with Gasteiger partial charge in [-0.3, -0.25) is 0 Å². The summed E-state index contributed by atoms with van der Waals surface area (Å²) in [6.45, 7) is 1.02. The molecule has 0 atom stereocenters. The molecular formula is C7H9N. The molecule has 0 saturated carbocycles. The van der Waals surface area contributed by atoms with Crippen molar-refractivity contribution in [2.75, 3.05) is 6.54 Å². The molecule has 0 aromatic rings. The van der Waals surface area contributed by atoms with E-state index in [9.17, 15) is 0 Å². The van der Waals surface area contributed by atoms with Crippen molar-refractivity contribution >= 4 is 0 Å². The first kappa shape index (κ1) is 5.24. The number of hydrogen-bond acceptors (Lipinski definition) is 1. The third kappa shape index (κ3) is 1.04. The van der Waals surface area contributed by atoms with Crippen LogP contribution in [-0.2, 0) is 0 Å². The van der Waals surface area contributed by atoms with E-state index in [-0.39, 0.29) is 0 Å². The van der Waals surface area contributed by atoms with E-state index in [1.165, 1.54) is 12.8 Å². The van der Waals surface area contributed by atoms with Gasteiger partial charge in [-0.1, -0.05) is 12.5 Å². The molecule has 0 bridgehead atoms. The maximum absolute atomic E-state index is 5.13. The normalized spacial score (nSPS) is 18.1. The highest BCUT2D eigenvalue weighted by Crippen LogP contribution is 2.02. The average molecular weight is 107 g/mol. The fourth-order valence-corrected chi connectivity index (χ4v) is 0.763. The van der Waals surface area contributed by atoms with Crippen LogP contribution in [0.3, 0.4) is 0 Å². The summed E-state index contributed by atoms with van der Waals surface area (Å²) in [5.41, 5.74) is 0. The van der Waals surface area contributed by atoms with Crippen LogP contribution in [-0.4, -0.2) is 11.4 Å². The van der Waals surface area contributed by atoms with Crippen LogP contribution in [0.1, 0.15) is 12.8 Å². The average Bonchev–Trinajstić information content (AvgIpc) is 1.90. The number of allylic oxidation sites excluding steroid dienone is 1. The molecule has 0 aliphatic carbocycles. The van der Waals surface area contributed by atoms with E-state index in [2.05, 4.69) is 12.1 Å². The smallest absolute Gasteiger partial charge is 0.0311 e. The Kier molecular flexibility index (Phi) is 1.58. The molecule has 1 heterocycles. The third-order valence-electron chi connectivity index (χ3n) is 1.22. The second-order valence-corrected chi connectivity index (χ2v) is 1.85. The SMILES string of the molecule is C#CN1C=CCCC1. The predicted molar refractivity (Wildman–Crippen MR) is 33.9 cm³/mol. The van der Waals surface area contributed by atoms with Crippen molar-refractivity contribution in [1.29, 1.82) is 0 Å². The molecule has 0 aromatic carbocycles. The molecule has 1 aliphatic heterocycles. The zero-order valence-corrected chi connectivity index (χ0v) is 4.80.